The van der Waals surface area contributed by atoms with Crippen molar-refractivity contribution in [2.45, 2.75) is 56.9 Å². The molecule has 0 saturated heterocycles. The van der Waals surface area contributed by atoms with Gasteiger partial charge in [-0.1, -0.05) is 12.5 Å². The van der Waals surface area contributed by atoms with Gasteiger partial charge in [-0.25, -0.2) is 0 Å². The average Bonchev–Trinajstić information content (AvgIpc) is 3.04. The SMILES string of the molecule is NC1(Cc2cc3c(cc2O)CCCCC3)CC1. The number of hydrogen-bond acceptors (Lipinski definition) is 2. The first kappa shape index (κ1) is 11.1. The Morgan fingerprint density at radius 2 is 1.71 bits per heavy atom. The van der Waals surface area contributed by atoms with Gasteiger partial charge in [0.25, 0.3) is 0 Å². The van der Waals surface area contributed by atoms with Crippen LogP contribution < -0.4 is 5.73 Å². The van der Waals surface area contributed by atoms with Crippen molar-refractivity contribution in [3.8, 4) is 5.75 Å². The zero-order valence-corrected chi connectivity index (χ0v) is 10.3. The molecule has 0 bridgehead atoms. The first-order valence-corrected chi connectivity index (χ1v) is 6.79. The summed E-state index contributed by atoms with van der Waals surface area (Å²) in [6.45, 7) is 0. The molecule has 2 aliphatic carbocycles. The number of fused-ring (bicyclic) bond motifs is 1. The molecule has 0 heterocycles. The van der Waals surface area contributed by atoms with E-state index in [-0.39, 0.29) is 5.54 Å². The zero-order chi connectivity index (χ0) is 11.9. The third-order valence-electron chi connectivity index (χ3n) is 4.23. The average molecular weight is 231 g/mol. The second kappa shape index (κ2) is 4.02. The third kappa shape index (κ3) is 2.32. The van der Waals surface area contributed by atoms with Crippen LogP contribution in [0.3, 0.4) is 0 Å². The van der Waals surface area contributed by atoms with Crippen LogP contribution in [0.5, 0.6) is 5.75 Å². The summed E-state index contributed by atoms with van der Waals surface area (Å²) in [6, 6.07) is 4.20. The highest BCUT2D eigenvalue weighted by Crippen LogP contribution is 2.38. The summed E-state index contributed by atoms with van der Waals surface area (Å²) in [5.74, 6) is 0.461. The lowest BCUT2D eigenvalue weighted by Crippen LogP contribution is -2.24. The molecule has 0 radical (unpaired) electrons. The van der Waals surface area contributed by atoms with Gasteiger partial charge < -0.3 is 10.8 Å². The first-order valence-electron chi connectivity index (χ1n) is 6.79. The standard InChI is InChI=1S/C15H21NO/c16-15(6-7-15)10-13-8-11-4-2-1-3-5-12(11)9-14(13)17/h8-9,17H,1-7,10,16H2. The molecule has 2 nitrogen and oxygen atoms in total. The van der Waals surface area contributed by atoms with Gasteiger partial charge in [0.15, 0.2) is 0 Å². The van der Waals surface area contributed by atoms with Gasteiger partial charge in [-0.15, -0.1) is 0 Å². The summed E-state index contributed by atoms with van der Waals surface area (Å²) in [7, 11) is 0. The first-order chi connectivity index (χ1) is 8.16. The van der Waals surface area contributed by atoms with Gasteiger partial charge in [0.1, 0.15) is 5.75 Å². The van der Waals surface area contributed by atoms with Gasteiger partial charge >= 0.3 is 0 Å². The summed E-state index contributed by atoms with van der Waals surface area (Å²) in [6.07, 6.45) is 9.18. The minimum absolute atomic E-state index is 0.0174. The quantitative estimate of drug-likeness (QED) is 0.769. The Bertz CT molecular complexity index is 435. The predicted octanol–water partition coefficient (Wildman–Crippen LogP) is 2.69. The highest BCUT2D eigenvalue weighted by atomic mass is 16.3. The van der Waals surface area contributed by atoms with Gasteiger partial charge in [-0.2, -0.15) is 0 Å². The second-order valence-electron chi connectivity index (χ2n) is 5.85. The predicted molar refractivity (Wildman–Crippen MR) is 69.2 cm³/mol. The van der Waals surface area contributed by atoms with Crippen LogP contribution in [-0.2, 0) is 19.3 Å². The van der Waals surface area contributed by atoms with Gasteiger partial charge in [0.2, 0.25) is 0 Å². The maximum absolute atomic E-state index is 10.1. The van der Waals surface area contributed by atoms with Crippen molar-refractivity contribution in [2.75, 3.05) is 0 Å². The van der Waals surface area contributed by atoms with Crippen molar-refractivity contribution in [3.05, 3.63) is 28.8 Å². The largest absolute Gasteiger partial charge is 0.508 e. The molecule has 1 aromatic rings. The fraction of sp³-hybridized carbons (Fsp3) is 0.600. The lowest BCUT2D eigenvalue weighted by atomic mass is 9.95. The van der Waals surface area contributed by atoms with Crippen LogP contribution in [0.1, 0.15) is 48.8 Å². The lowest BCUT2D eigenvalue weighted by Gasteiger charge is -2.14. The molecule has 17 heavy (non-hydrogen) atoms. The minimum atomic E-state index is -0.0174. The van der Waals surface area contributed by atoms with Crippen LogP contribution in [-0.4, -0.2) is 10.6 Å². The van der Waals surface area contributed by atoms with Gasteiger partial charge in [0.05, 0.1) is 0 Å². The van der Waals surface area contributed by atoms with Crippen LogP contribution in [0.15, 0.2) is 12.1 Å². The summed E-state index contributed by atoms with van der Waals surface area (Å²) in [4.78, 5) is 0. The smallest absolute Gasteiger partial charge is 0.119 e. The Kier molecular flexibility index (Phi) is 2.62. The van der Waals surface area contributed by atoms with E-state index in [1.807, 2.05) is 6.07 Å². The highest BCUT2D eigenvalue weighted by molar-refractivity contribution is 5.44. The van der Waals surface area contributed by atoms with Crippen molar-refractivity contribution in [1.29, 1.82) is 0 Å². The van der Waals surface area contributed by atoms with E-state index in [9.17, 15) is 5.11 Å². The van der Waals surface area contributed by atoms with Crippen LogP contribution in [0.25, 0.3) is 0 Å². The van der Waals surface area contributed by atoms with Crippen molar-refractivity contribution in [1.82, 2.24) is 0 Å². The Morgan fingerprint density at radius 3 is 2.35 bits per heavy atom. The number of phenols is 1. The molecule has 0 aromatic heterocycles. The van der Waals surface area contributed by atoms with E-state index in [1.54, 1.807) is 0 Å². The molecule has 0 aliphatic heterocycles. The Morgan fingerprint density at radius 1 is 1.06 bits per heavy atom. The van der Waals surface area contributed by atoms with Gasteiger partial charge in [-0.3, -0.25) is 0 Å². The zero-order valence-electron chi connectivity index (χ0n) is 10.3. The number of aromatic hydroxyl groups is 1. The summed E-state index contributed by atoms with van der Waals surface area (Å²) in [5, 5.41) is 10.1. The lowest BCUT2D eigenvalue weighted by molar-refractivity contribution is 0.462. The van der Waals surface area contributed by atoms with Crippen molar-refractivity contribution >= 4 is 0 Å². The molecule has 0 amide bonds. The van der Waals surface area contributed by atoms with E-state index in [1.165, 1.54) is 36.8 Å². The highest BCUT2D eigenvalue weighted by Gasteiger charge is 2.38. The molecule has 2 aliphatic rings. The number of benzene rings is 1. The number of aryl methyl sites for hydroxylation is 2. The van der Waals surface area contributed by atoms with Crippen LogP contribution in [0.2, 0.25) is 0 Å². The van der Waals surface area contributed by atoms with Gasteiger partial charge in [0, 0.05) is 5.54 Å². The topological polar surface area (TPSA) is 46.2 Å². The minimum Gasteiger partial charge on any atom is -0.508 e. The van der Waals surface area contributed by atoms with Crippen molar-refractivity contribution in [3.63, 3.8) is 0 Å². The van der Waals surface area contributed by atoms with E-state index in [0.717, 1.165) is 31.2 Å². The second-order valence-corrected chi connectivity index (χ2v) is 5.85. The molecule has 1 aromatic carbocycles. The molecule has 0 atom stereocenters. The number of hydrogen-bond donors (Lipinski definition) is 2. The van der Waals surface area contributed by atoms with Crippen LogP contribution in [0.4, 0.5) is 0 Å². The molecular weight excluding hydrogens is 210 g/mol. The number of phenolic OH excluding ortho intramolecular Hbond substituents is 1. The molecule has 2 heteroatoms. The summed E-state index contributed by atoms with van der Waals surface area (Å²) in [5.41, 5.74) is 9.98. The molecule has 0 unspecified atom stereocenters. The molecule has 1 fully saturated rings. The molecule has 1 saturated carbocycles. The van der Waals surface area contributed by atoms with Crippen molar-refractivity contribution in [2.24, 2.45) is 5.73 Å². The molecule has 92 valence electrons. The number of rotatable bonds is 2. The van der Waals surface area contributed by atoms with E-state index >= 15 is 0 Å². The summed E-state index contributed by atoms with van der Waals surface area (Å²) < 4.78 is 0. The monoisotopic (exact) mass is 231 g/mol. The van der Waals surface area contributed by atoms with E-state index in [0.29, 0.717) is 5.75 Å². The fourth-order valence-corrected chi connectivity index (χ4v) is 2.86. The Balaban J connectivity index is 1.91. The van der Waals surface area contributed by atoms with Crippen LogP contribution in [0, 0.1) is 0 Å². The molecular formula is C15H21NO. The summed E-state index contributed by atoms with van der Waals surface area (Å²) >= 11 is 0. The van der Waals surface area contributed by atoms with E-state index < -0.39 is 0 Å². The Hall–Kier alpha value is -1.02. The Labute approximate surface area is 103 Å². The fourth-order valence-electron chi connectivity index (χ4n) is 2.86. The normalized spacial score (nSPS) is 21.7. The molecule has 0 spiro atoms. The molecule has 3 rings (SSSR count). The molecule has 3 N–H and O–H groups in total. The van der Waals surface area contributed by atoms with E-state index in [4.69, 9.17) is 5.73 Å². The maximum atomic E-state index is 10.1. The van der Waals surface area contributed by atoms with E-state index in [2.05, 4.69) is 6.07 Å². The maximum Gasteiger partial charge on any atom is 0.119 e. The third-order valence-corrected chi connectivity index (χ3v) is 4.23. The number of nitrogens with two attached hydrogens (primary N) is 1. The van der Waals surface area contributed by atoms with Gasteiger partial charge in [-0.05, 0) is 67.7 Å². The van der Waals surface area contributed by atoms with Crippen LogP contribution >= 0.6 is 0 Å². The van der Waals surface area contributed by atoms with Crippen molar-refractivity contribution < 1.29 is 5.11 Å².